The SMILES string of the molecule is CCCN(CCCCN1C(=O)c2ccccc2C1=O)CC(=O)O. The molecule has 1 aromatic carbocycles. The first-order valence-corrected chi connectivity index (χ1v) is 7.94. The first kappa shape index (κ1) is 17.1. The standard InChI is InChI=1S/C17H22N2O4/c1-2-9-18(12-15(20)21)10-5-6-11-19-16(22)13-7-3-4-8-14(13)17(19)23/h3-4,7-8H,2,5-6,9-12H2,1H3,(H,20,21). The number of carbonyl (C=O) groups is 3. The molecule has 0 aliphatic carbocycles. The number of carboxylic acids is 1. The highest BCUT2D eigenvalue weighted by Crippen LogP contribution is 2.22. The number of unbranched alkanes of at least 4 members (excludes halogenated alkanes) is 1. The Morgan fingerprint density at radius 2 is 1.70 bits per heavy atom. The van der Waals surface area contributed by atoms with Crippen LogP contribution < -0.4 is 0 Å². The number of hydrogen-bond donors (Lipinski definition) is 1. The van der Waals surface area contributed by atoms with E-state index in [4.69, 9.17) is 5.11 Å². The largest absolute Gasteiger partial charge is 0.480 e. The molecule has 0 saturated heterocycles. The van der Waals surface area contributed by atoms with Gasteiger partial charge in [-0.1, -0.05) is 19.1 Å². The van der Waals surface area contributed by atoms with Crippen molar-refractivity contribution in [1.29, 1.82) is 0 Å². The van der Waals surface area contributed by atoms with Crippen LogP contribution in [0.4, 0.5) is 0 Å². The van der Waals surface area contributed by atoms with E-state index >= 15 is 0 Å². The molecule has 0 bridgehead atoms. The quantitative estimate of drug-likeness (QED) is 0.555. The number of imide groups is 1. The maximum absolute atomic E-state index is 12.2. The Bertz CT molecular complexity index is 565. The van der Waals surface area contributed by atoms with Crippen LogP contribution in [0.15, 0.2) is 24.3 Å². The van der Waals surface area contributed by atoms with Crippen LogP contribution in [-0.4, -0.2) is 58.9 Å². The Morgan fingerprint density at radius 3 is 2.22 bits per heavy atom. The maximum atomic E-state index is 12.2. The van der Waals surface area contributed by atoms with Gasteiger partial charge in [0.05, 0.1) is 17.7 Å². The second kappa shape index (κ2) is 7.87. The number of aliphatic carboxylic acids is 1. The van der Waals surface area contributed by atoms with E-state index in [-0.39, 0.29) is 18.4 Å². The van der Waals surface area contributed by atoms with Crippen LogP contribution in [-0.2, 0) is 4.79 Å². The second-order valence-corrected chi connectivity index (χ2v) is 5.68. The zero-order valence-electron chi connectivity index (χ0n) is 13.3. The normalized spacial score (nSPS) is 13.7. The summed E-state index contributed by atoms with van der Waals surface area (Å²) < 4.78 is 0. The highest BCUT2D eigenvalue weighted by Gasteiger charge is 2.34. The van der Waals surface area contributed by atoms with E-state index in [2.05, 4.69) is 0 Å². The lowest BCUT2D eigenvalue weighted by molar-refractivity contribution is -0.138. The van der Waals surface area contributed by atoms with Gasteiger partial charge < -0.3 is 5.11 Å². The van der Waals surface area contributed by atoms with Gasteiger partial charge in [0, 0.05) is 6.54 Å². The Kier molecular flexibility index (Phi) is 5.87. The molecule has 1 aliphatic rings. The average Bonchev–Trinajstić information content (AvgIpc) is 2.76. The molecule has 1 aliphatic heterocycles. The highest BCUT2D eigenvalue weighted by molar-refractivity contribution is 6.21. The minimum absolute atomic E-state index is 0.0286. The van der Waals surface area contributed by atoms with Crippen LogP contribution in [0, 0.1) is 0 Å². The fourth-order valence-corrected chi connectivity index (χ4v) is 2.82. The van der Waals surface area contributed by atoms with Gasteiger partial charge >= 0.3 is 5.97 Å². The van der Waals surface area contributed by atoms with Crippen molar-refractivity contribution in [2.45, 2.75) is 26.2 Å². The summed E-state index contributed by atoms with van der Waals surface area (Å²) in [6.07, 6.45) is 2.32. The summed E-state index contributed by atoms with van der Waals surface area (Å²) in [6, 6.07) is 6.85. The van der Waals surface area contributed by atoms with Gasteiger partial charge in [-0.15, -0.1) is 0 Å². The smallest absolute Gasteiger partial charge is 0.317 e. The number of benzene rings is 1. The van der Waals surface area contributed by atoms with Gasteiger partial charge in [0.15, 0.2) is 0 Å². The van der Waals surface area contributed by atoms with E-state index in [0.717, 1.165) is 19.4 Å². The Morgan fingerprint density at radius 1 is 1.09 bits per heavy atom. The van der Waals surface area contributed by atoms with Crippen LogP contribution >= 0.6 is 0 Å². The number of rotatable bonds is 9. The summed E-state index contributed by atoms with van der Waals surface area (Å²) in [5.74, 6) is -1.30. The van der Waals surface area contributed by atoms with Crippen LogP contribution in [0.5, 0.6) is 0 Å². The summed E-state index contributed by atoms with van der Waals surface area (Å²) in [7, 11) is 0. The molecule has 0 spiro atoms. The maximum Gasteiger partial charge on any atom is 0.317 e. The van der Waals surface area contributed by atoms with E-state index < -0.39 is 5.97 Å². The fraction of sp³-hybridized carbons (Fsp3) is 0.471. The van der Waals surface area contributed by atoms with Gasteiger partial charge in [0.2, 0.25) is 0 Å². The molecule has 2 amide bonds. The van der Waals surface area contributed by atoms with E-state index in [1.807, 2.05) is 11.8 Å². The average molecular weight is 318 g/mol. The van der Waals surface area contributed by atoms with E-state index in [1.54, 1.807) is 24.3 Å². The van der Waals surface area contributed by atoms with Crippen molar-refractivity contribution in [1.82, 2.24) is 9.80 Å². The first-order valence-electron chi connectivity index (χ1n) is 7.94. The summed E-state index contributed by atoms with van der Waals surface area (Å²) in [6.45, 7) is 3.80. The molecule has 1 heterocycles. The van der Waals surface area contributed by atoms with Gasteiger partial charge in [-0.05, 0) is 44.5 Å². The zero-order chi connectivity index (χ0) is 16.8. The summed E-state index contributed by atoms with van der Waals surface area (Å²) >= 11 is 0. The van der Waals surface area contributed by atoms with Crippen molar-refractivity contribution in [3.63, 3.8) is 0 Å². The Balaban J connectivity index is 1.82. The summed E-state index contributed by atoms with van der Waals surface area (Å²) in [4.78, 5) is 38.4. The molecule has 0 aromatic heterocycles. The zero-order valence-corrected chi connectivity index (χ0v) is 13.3. The number of carbonyl (C=O) groups excluding carboxylic acids is 2. The van der Waals surface area contributed by atoms with Crippen molar-refractivity contribution in [3.8, 4) is 0 Å². The monoisotopic (exact) mass is 318 g/mol. The summed E-state index contributed by atoms with van der Waals surface area (Å²) in [5.41, 5.74) is 0.937. The van der Waals surface area contributed by atoms with Crippen molar-refractivity contribution >= 4 is 17.8 Å². The molecule has 1 aromatic rings. The summed E-state index contributed by atoms with van der Waals surface area (Å²) in [5, 5.41) is 8.87. The van der Waals surface area contributed by atoms with Gasteiger partial charge in [0.25, 0.3) is 11.8 Å². The van der Waals surface area contributed by atoms with Gasteiger partial charge in [0.1, 0.15) is 0 Å². The number of carboxylic acid groups (broad SMARTS) is 1. The number of hydrogen-bond acceptors (Lipinski definition) is 4. The number of amides is 2. The van der Waals surface area contributed by atoms with Gasteiger partial charge in [-0.2, -0.15) is 0 Å². The van der Waals surface area contributed by atoms with Crippen LogP contribution in [0.1, 0.15) is 46.9 Å². The van der Waals surface area contributed by atoms with Gasteiger partial charge in [-0.25, -0.2) is 0 Å². The predicted octanol–water partition coefficient (Wildman–Crippen LogP) is 1.86. The van der Waals surface area contributed by atoms with Crippen molar-refractivity contribution in [2.75, 3.05) is 26.2 Å². The van der Waals surface area contributed by atoms with Crippen LogP contribution in [0.2, 0.25) is 0 Å². The minimum Gasteiger partial charge on any atom is -0.480 e. The number of nitrogens with zero attached hydrogens (tertiary/aromatic N) is 2. The first-order chi connectivity index (χ1) is 11.0. The molecule has 0 saturated carbocycles. The molecule has 6 heteroatoms. The molecule has 0 atom stereocenters. The Hall–Kier alpha value is -2.21. The molecule has 0 radical (unpaired) electrons. The lowest BCUT2D eigenvalue weighted by Crippen LogP contribution is -2.33. The molecule has 2 rings (SSSR count). The molecule has 0 unspecified atom stereocenters. The van der Waals surface area contributed by atoms with Crippen molar-refractivity contribution < 1.29 is 19.5 Å². The second-order valence-electron chi connectivity index (χ2n) is 5.68. The molecule has 6 nitrogen and oxygen atoms in total. The predicted molar refractivity (Wildman–Crippen MR) is 85.4 cm³/mol. The molecule has 124 valence electrons. The van der Waals surface area contributed by atoms with Crippen molar-refractivity contribution in [3.05, 3.63) is 35.4 Å². The van der Waals surface area contributed by atoms with Gasteiger partial charge in [-0.3, -0.25) is 24.2 Å². The van der Waals surface area contributed by atoms with Crippen LogP contribution in [0.25, 0.3) is 0 Å². The Labute approximate surface area is 135 Å². The highest BCUT2D eigenvalue weighted by atomic mass is 16.4. The molecular formula is C17H22N2O4. The topological polar surface area (TPSA) is 77.9 Å². The third kappa shape index (κ3) is 4.16. The fourth-order valence-electron chi connectivity index (χ4n) is 2.82. The molecular weight excluding hydrogens is 296 g/mol. The molecule has 1 N–H and O–H groups in total. The third-order valence-electron chi connectivity index (χ3n) is 3.88. The number of fused-ring (bicyclic) bond motifs is 1. The van der Waals surface area contributed by atoms with E-state index in [0.29, 0.717) is 30.6 Å². The minimum atomic E-state index is -0.834. The van der Waals surface area contributed by atoms with E-state index in [1.165, 1.54) is 4.90 Å². The van der Waals surface area contributed by atoms with E-state index in [9.17, 15) is 14.4 Å². The van der Waals surface area contributed by atoms with Crippen molar-refractivity contribution in [2.24, 2.45) is 0 Å². The molecule has 23 heavy (non-hydrogen) atoms. The molecule has 0 fully saturated rings. The lowest BCUT2D eigenvalue weighted by atomic mass is 10.1. The lowest BCUT2D eigenvalue weighted by Gasteiger charge is -2.20. The van der Waals surface area contributed by atoms with Crippen LogP contribution in [0.3, 0.4) is 0 Å². The third-order valence-corrected chi connectivity index (χ3v) is 3.88.